The molecule has 0 spiro atoms. The first kappa shape index (κ1) is 29.2. The fourth-order valence-corrected chi connectivity index (χ4v) is 4.37. The summed E-state index contributed by atoms with van der Waals surface area (Å²) >= 11 is 0.635. The average molecular weight is 527 g/mol. The highest BCUT2D eigenvalue weighted by atomic mass is 32.2. The van der Waals surface area contributed by atoms with Crippen LogP contribution in [0.2, 0.25) is 0 Å². The van der Waals surface area contributed by atoms with Crippen LogP contribution in [0.4, 0.5) is 0 Å². The number of nitrogens with one attached hydrogen (secondary N) is 1. The van der Waals surface area contributed by atoms with E-state index >= 15 is 0 Å². The minimum atomic E-state index is -1.82. The van der Waals surface area contributed by atoms with Crippen molar-refractivity contribution in [2.45, 2.75) is 81.3 Å². The molecule has 2 aliphatic heterocycles. The van der Waals surface area contributed by atoms with Crippen molar-refractivity contribution in [1.29, 1.82) is 5.41 Å². The molecule has 0 unspecified atom stereocenters. The zero-order valence-electron chi connectivity index (χ0n) is 19.1. The van der Waals surface area contributed by atoms with Crippen molar-refractivity contribution >= 4 is 34.8 Å². The van der Waals surface area contributed by atoms with E-state index in [-0.39, 0.29) is 0 Å². The molecule has 0 radical (unpaired) electrons. The molecule has 2 fully saturated rings. The van der Waals surface area contributed by atoms with Crippen LogP contribution in [-0.4, -0.2) is 117 Å². The number of ether oxygens (including phenoxy) is 6. The van der Waals surface area contributed by atoms with E-state index in [2.05, 4.69) is 0 Å². The van der Waals surface area contributed by atoms with Crippen LogP contribution in [0.15, 0.2) is 0 Å². The van der Waals surface area contributed by atoms with Crippen molar-refractivity contribution in [1.82, 2.24) is 0 Å². The smallest absolute Gasteiger partial charge is 0.303 e. The summed E-state index contributed by atoms with van der Waals surface area (Å²) in [4.78, 5) is 35.2. The van der Waals surface area contributed by atoms with Crippen LogP contribution in [0.25, 0.3) is 0 Å². The largest absolute Gasteiger partial charge is 0.463 e. The summed E-state index contributed by atoms with van der Waals surface area (Å²) in [6.45, 7) is 2.09. The van der Waals surface area contributed by atoms with E-state index in [9.17, 15) is 34.8 Å². The van der Waals surface area contributed by atoms with Gasteiger partial charge in [-0.15, -0.1) is 0 Å². The van der Waals surface area contributed by atoms with Crippen molar-refractivity contribution in [3.8, 4) is 0 Å². The standard InChI is InChI=1S/C19H30N2O13S/c1-6(23)29-5-10-14(34-17-13(28)12(27)11(26)9(4-22)32-17)15(30-7(2)24)16(31-8(3)25)18(33-10)35-19(20)21/h9-18,22,26-28H,4-5H2,1-3H3,(H3,20,21)/t9-,10-,11+,12+,13-,14-,15+,16-,17+,18+/m1/s1. The van der Waals surface area contributed by atoms with Crippen LogP contribution >= 0.6 is 11.8 Å². The maximum absolute atomic E-state index is 11.9. The monoisotopic (exact) mass is 526 g/mol. The van der Waals surface area contributed by atoms with Crippen LogP contribution in [0.3, 0.4) is 0 Å². The first-order valence-corrected chi connectivity index (χ1v) is 11.3. The highest BCUT2D eigenvalue weighted by Gasteiger charge is 2.54. The second-order valence-electron chi connectivity index (χ2n) is 7.77. The molecule has 0 aromatic carbocycles. The van der Waals surface area contributed by atoms with Gasteiger partial charge in [0.2, 0.25) is 0 Å². The van der Waals surface area contributed by atoms with Gasteiger partial charge in [-0.25, -0.2) is 0 Å². The summed E-state index contributed by atoms with van der Waals surface area (Å²) in [5, 5.41) is 47.1. The molecule has 200 valence electrons. The first-order valence-electron chi connectivity index (χ1n) is 10.5. The highest BCUT2D eigenvalue weighted by Crippen LogP contribution is 2.36. The van der Waals surface area contributed by atoms with Gasteiger partial charge in [-0.3, -0.25) is 19.8 Å². The zero-order valence-corrected chi connectivity index (χ0v) is 20.0. The number of carbonyl (C=O) groups excluding carboxylic acids is 3. The van der Waals surface area contributed by atoms with Crippen molar-refractivity contribution in [3.63, 3.8) is 0 Å². The molecule has 0 aromatic rings. The molecule has 2 rings (SSSR count). The Balaban J connectivity index is 2.46. The Kier molecular flexibility index (Phi) is 10.6. The molecule has 0 aliphatic carbocycles. The van der Waals surface area contributed by atoms with Gasteiger partial charge in [0.15, 0.2) is 29.1 Å². The lowest BCUT2D eigenvalue weighted by atomic mass is 9.97. The minimum absolute atomic E-state index is 0.423. The third kappa shape index (κ3) is 7.71. The van der Waals surface area contributed by atoms with Crippen LogP contribution in [0.5, 0.6) is 0 Å². The van der Waals surface area contributed by atoms with Gasteiger partial charge in [-0.2, -0.15) is 0 Å². The molecule has 0 saturated carbocycles. The number of hydrogen-bond donors (Lipinski definition) is 6. The fraction of sp³-hybridized carbons (Fsp3) is 0.789. The third-order valence-electron chi connectivity index (χ3n) is 5.03. The number of esters is 3. The SMILES string of the molecule is CC(=O)OC[C@H]1O[C@@H](SC(=N)N)[C@H](OC(C)=O)[C@@H](OC(C)=O)[C@@H]1O[C@@H]1O[C@H](CO)[C@H](O)[C@H](O)[C@H]1O. The Labute approximate surface area is 204 Å². The zero-order chi connectivity index (χ0) is 26.4. The van der Waals surface area contributed by atoms with Gasteiger partial charge in [0.1, 0.15) is 43.2 Å². The molecule has 0 aromatic heterocycles. The summed E-state index contributed by atoms with van der Waals surface area (Å²) in [5.74, 6) is -2.31. The number of rotatable bonds is 8. The average Bonchev–Trinajstić information content (AvgIpc) is 2.75. The van der Waals surface area contributed by atoms with Crippen molar-refractivity contribution in [2.24, 2.45) is 5.73 Å². The molecule has 16 heteroatoms. The Bertz CT molecular complexity index is 784. The van der Waals surface area contributed by atoms with E-state index in [1.54, 1.807) is 0 Å². The predicted molar refractivity (Wildman–Crippen MR) is 115 cm³/mol. The number of aliphatic hydroxyl groups is 4. The Morgan fingerprint density at radius 3 is 2.00 bits per heavy atom. The van der Waals surface area contributed by atoms with Gasteiger partial charge < -0.3 is 54.6 Å². The number of aliphatic hydroxyl groups excluding tert-OH is 4. The number of thioether (sulfide) groups is 1. The van der Waals surface area contributed by atoms with Gasteiger partial charge in [0, 0.05) is 20.8 Å². The third-order valence-corrected chi connectivity index (χ3v) is 5.89. The number of amidine groups is 1. The van der Waals surface area contributed by atoms with E-state index < -0.39 is 96.8 Å². The van der Waals surface area contributed by atoms with Gasteiger partial charge in [-0.05, 0) is 0 Å². The van der Waals surface area contributed by atoms with Crippen LogP contribution in [0, 0.1) is 5.41 Å². The van der Waals surface area contributed by atoms with E-state index in [4.69, 9.17) is 39.6 Å². The number of hydrogen-bond acceptors (Lipinski definition) is 15. The van der Waals surface area contributed by atoms with E-state index in [1.165, 1.54) is 0 Å². The van der Waals surface area contributed by atoms with Crippen LogP contribution in [0.1, 0.15) is 20.8 Å². The molecule has 7 N–H and O–H groups in total. The molecule has 0 bridgehead atoms. The van der Waals surface area contributed by atoms with Crippen LogP contribution in [-0.2, 0) is 42.8 Å². The van der Waals surface area contributed by atoms with E-state index in [0.717, 1.165) is 20.8 Å². The Morgan fingerprint density at radius 1 is 0.886 bits per heavy atom. The predicted octanol–water partition coefficient (Wildman–Crippen LogP) is -3.05. The Morgan fingerprint density at radius 2 is 1.49 bits per heavy atom. The highest BCUT2D eigenvalue weighted by molar-refractivity contribution is 8.14. The molecular formula is C19H30N2O13S. The lowest BCUT2D eigenvalue weighted by molar-refractivity contribution is -0.339. The first-order chi connectivity index (χ1) is 16.3. The number of nitrogens with two attached hydrogens (primary N) is 1. The summed E-state index contributed by atoms with van der Waals surface area (Å²) in [7, 11) is 0. The summed E-state index contributed by atoms with van der Waals surface area (Å²) in [6.07, 6.45) is -13.8. The van der Waals surface area contributed by atoms with Crippen LogP contribution < -0.4 is 5.73 Å². The van der Waals surface area contributed by atoms with Gasteiger partial charge >= 0.3 is 17.9 Å². The normalized spacial score (nSPS) is 37.2. The molecule has 10 atom stereocenters. The van der Waals surface area contributed by atoms with E-state index in [1.807, 2.05) is 0 Å². The molecule has 2 saturated heterocycles. The van der Waals surface area contributed by atoms with E-state index in [0.29, 0.717) is 11.8 Å². The van der Waals surface area contributed by atoms with Gasteiger partial charge in [-0.1, -0.05) is 11.8 Å². The number of carbonyl (C=O) groups is 3. The van der Waals surface area contributed by atoms with Crippen molar-refractivity contribution in [2.75, 3.05) is 13.2 Å². The quantitative estimate of drug-likeness (QED) is 0.0797. The Hall–Kier alpha value is -2.05. The summed E-state index contributed by atoms with van der Waals surface area (Å²) in [5.41, 5.74) is 4.27. The molecular weight excluding hydrogens is 496 g/mol. The lowest BCUT2D eigenvalue weighted by Crippen LogP contribution is -2.65. The van der Waals surface area contributed by atoms with Gasteiger partial charge in [0.25, 0.3) is 0 Å². The maximum Gasteiger partial charge on any atom is 0.303 e. The minimum Gasteiger partial charge on any atom is -0.463 e. The molecule has 0 amide bonds. The fourth-order valence-electron chi connectivity index (χ4n) is 3.57. The maximum atomic E-state index is 11.9. The molecule has 15 nitrogen and oxygen atoms in total. The summed E-state index contributed by atoms with van der Waals surface area (Å²) in [6, 6.07) is 0. The second kappa shape index (κ2) is 12.8. The van der Waals surface area contributed by atoms with Crippen molar-refractivity contribution in [3.05, 3.63) is 0 Å². The van der Waals surface area contributed by atoms with Crippen molar-refractivity contribution < 1.29 is 63.2 Å². The molecule has 2 aliphatic rings. The lowest BCUT2D eigenvalue weighted by Gasteiger charge is -2.47. The second-order valence-corrected chi connectivity index (χ2v) is 8.91. The molecule has 2 heterocycles. The topological polar surface area (TPSA) is 237 Å². The van der Waals surface area contributed by atoms with Gasteiger partial charge in [0.05, 0.1) is 6.61 Å². The summed E-state index contributed by atoms with van der Waals surface area (Å²) < 4.78 is 32.6. The molecule has 35 heavy (non-hydrogen) atoms.